The molecule has 7 nitrogen and oxygen atoms in total. The van der Waals surface area contributed by atoms with Crippen molar-refractivity contribution in [2.45, 2.75) is 26.9 Å². The van der Waals surface area contributed by atoms with Gasteiger partial charge in [0.05, 0.1) is 20.8 Å². The highest BCUT2D eigenvalue weighted by molar-refractivity contribution is 5.69. The molecule has 2 aromatic carbocycles. The van der Waals surface area contributed by atoms with Gasteiger partial charge in [-0.05, 0) is 37.1 Å². The van der Waals surface area contributed by atoms with Crippen molar-refractivity contribution in [2.75, 3.05) is 20.8 Å². The number of carbonyl (C=O) groups is 1. The molecule has 0 aliphatic rings. The molecule has 2 aromatic rings. The van der Waals surface area contributed by atoms with E-state index >= 15 is 0 Å². The Kier molecular flexibility index (Phi) is 6.52. The number of aromatic hydroxyl groups is 2. The fourth-order valence-corrected chi connectivity index (χ4v) is 3.03. The first-order valence-electron chi connectivity index (χ1n) is 8.42. The number of carboxylic acids is 1. The van der Waals surface area contributed by atoms with Crippen LogP contribution in [0.15, 0.2) is 24.3 Å². The number of methoxy groups -OCH3 is 2. The molecule has 0 saturated heterocycles. The Morgan fingerprint density at radius 3 is 1.63 bits per heavy atom. The summed E-state index contributed by atoms with van der Waals surface area (Å²) in [5.74, 6) is -0.386. The van der Waals surface area contributed by atoms with Crippen molar-refractivity contribution in [3.05, 3.63) is 46.5 Å². The fraction of sp³-hybridized carbons (Fsp3) is 0.350. The monoisotopic (exact) mass is 375 g/mol. The summed E-state index contributed by atoms with van der Waals surface area (Å²) in [4.78, 5) is 12.9. The average Bonchev–Trinajstić information content (AvgIpc) is 2.59. The van der Waals surface area contributed by atoms with E-state index in [1.807, 2.05) is 13.8 Å². The molecule has 0 unspecified atom stereocenters. The zero-order valence-corrected chi connectivity index (χ0v) is 15.9. The molecule has 0 bridgehead atoms. The van der Waals surface area contributed by atoms with Crippen molar-refractivity contribution in [3.8, 4) is 23.0 Å². The van der Waals surface area contributed by atoms with Gasteiger partial charge in [-0.2, -0.15) is 0 Å². The fourth-order valence-electron chi connectivity index (χ4n) is 3.03. The van der Waals surface area contributed by atoms with E-state index in [-0.39, 0.29) is 31.1 Å². The van der Waals surface area contributed by atoms with E-state index < -0.39 is 5.97 Å². The molecule has 0 aromatic heterocycles. The summed E-state index contributed by atoms with van der Waals surface area (Å²) in [7, 11) is 2.93. The number of carboxylic acid groups (broad SMARTS) is 1. The normalized spacial score (nSPS) is 10.9. The van der Waals surface area contributed by atoms with E-state index in [9.17, 15) is 20.1 Å². The van der Waals surface area contributed by atoms with Crippen molar-refractivity contribution in [2.24, 2.45) is 0 Å². The molecule has 0 radical (unpaired) electrons. The third-order valence-electron chi connectivity index (χ3n) is 4.18. The molecule has 0 saturated carbocycles. The Morgan fingerprint density at radius 1 is 0.889 bits per heavy atom. The van der Waals surface area contributed by atoms with Crippen LogP contribution in [-0.2, 0) is 17.9 Å². The highest BCUT2D eigenvalue weighted by Gasteiger charge is 2.19. The quantitative estimate of drug-likeness (QED) is 0.652. The first kappa shape index (κ1) is 20.4. The summed E-state index contributed by atoms with van der Waals surface area (Å²) in [5.41, 5.74) is 2.87. The summed E-state index contributed by atoms with van der Waals surface area (Å²) < 4.78 is 10.3. The zero-order chi connectivity index (χ0) is 20.1. The van der Waals surface area contributed by atoms with Crippen molar-refractivity contribution >= 4 is 5.97 Å². The van der Waals surface area contributed by atoms with Gasteiger partial charge >= 0.3 is 5.97 Å². The lowest BCUT2D eigenvalue weighted by Gasteiger charge is -2.23. The number of phenolic OH excluding ortho intramolecular Hbond substituents is 2. The lowest BCUT2D eigenvalue weighted by Crippen LogP contribution is -2.29. The van der Waals surface area contributed by atoms with Gasteiger partial charge in [0.15, 0.2) is 23.0 Å². The second-order valence-corrected chi connectivity index (χ2v) is 6.49. The molecular weight excluding hydrogens is 350 g/mol. The highest BCUT2D eigenvalue weighted by Crippen LogP contribution is 2.34. The summed E-state index contributed by atoms with van der Waals surface area (Å²) in [6.07, 6.45) is 0. The molecule has 3 N–H and O–H groups in total. The van der Waals surface area contributed by atoms with Gasteiger partial charge in [0, 0.05) is 24.2 Å². The number of aryl methyl sites for hydroxylation is 2. The SMILES string of the molecule is COc1cc(C)cc(CN(CC(=O)O)Cc2cc(C)cc(OC)c2O)c1O. The van der Waals surface area contributed by atoms with E-state index in [4.69, 9.17) is 9.47 Å². The first-order valence-corrected chi connectivity index (χ1v) is 8.42. The van der Waals surface area contributed by atoms with Crippen molar-refractivity contribution < 1.29 is 29.6 Å². The predicted octanol–water partition coefficient (Wildman–Crippen LogP) is 2.82. The molecule has 0 aliphatic heterocycles. The minimum Gasteiger partial charge on any atom is -0.504 e. The molecule has 0 heterocycles. The summed E-state index contributed by atoms with van der Waals surface area (Å²) >= 11 is 0. The van der Waals surface area contributed by atoms with Crippen molar-refractivity contribution in [1.82, 2.24) is 4.90 Å². The maximum absolute atomic E-state index is 11.3. The molecule has 0 spiro atoms. The first-order chi connectivity index (χ1) is 12.7. The van der Waals surface area contributed by atoms with E-state index in [0.29, 0.717) is 22.6 Å². The zero-order valence-electron chi connectivity index (χ0n) is 15.9. The van der Waals surface area contributed by atoms with Crippen LogP contribution in [0.3, 0.4) is 0 Å². The Hall–Kier alpha value is -2.93. The van der Waals surface area contributed by atoms with Crippen LogP contribution in [0.4, 0.5) is 0 Å². The Bertz CT molecular complexity index is 772. The Balaban J connectivity index is 2.36. The lowest BCUT2D eigenvalue weighted by molar-refractivity contribution is -0.138. The molecule has 2 rings (SSSR count). The highest BCUT2D eigenvalue weighted by atomic mass is 16.5. The number of hydrogen-bond acceptors (Lipinski definition) is 6. The molecule has 7 heteroatoms. The largest absolute Gasteiger partial charge is 0.504 e. The Labute approximate surface area is 158 Å². The smallest absolute Gasteiger partial charge is 0.317 e. The van der Waals surface area contributed by atoms with E-state index in [1.165, 1.54) is 14.2 Å². The molecule has 0 atom stereocenters. The van der Waals surface area contributed by atoms with E-state index in [2.05, 4.69) is 0 Å². The molecule has 0 aliphatic carbocycles. The molecule has 0 fully saturated rings. The standard InChI is InChI=1S/C20H25NO6/c1-12-5-14(19(24)16(7-12)26-3)9-21(11-18(22)23)10-15-6-13(2)8-17(27-4)20(15)25/h5-8,24-25H,9-11H2,1-4H3,(H,22,23). The van der Waals surface area contributed by atoms with Crippen LogP contribution in [0.1, 0.15) is 22.3 Å². The predicted molar refractivity (Wildman–Crippen MR) is 101 cm³/mol. The number of aliphatic carboxylic acids is 1. The van der Waals surface area contributed by atoms with Gasteiger partial charge in [-0.15, -0.1) is 0 Å². The second-order valence-electron chi connectivity index (χ2n) is 6.49. The number of nitrogens with zero attached hydrogens (tertiary/aromatic N) is 1. The molecule has 27 heavy (non-hydrogen) atoms. The van der Waals surface area contributed by atoms with Gasteiger partial charge in [-0.3, -0.25) is 9.69 Å². The molecule has 0 amide bonds. The number of phenols is 2. The van der Waals surface area contributed by atoms with Crippen LogP contribution < -0.4 is 9.47 Å². The van der Waals surface area contributed by atoms with Crippen LogP contribution >= 0.6 is 0 Å². The number of hydrogen-bond donors (Lipinski definition) is 3. The van der Waals surface area contributed by atoms with Crippen LogP contribution in [0.2, 0.25) is 0 Å². The second kappa shape index (κ2) is 8.64. The van der Waals surface area contributed by atoms with Crippen molar-refractivity contribution in [1.29, 1.82) is 0 Å². The molecular formula is C20H25NO6. The molecule has 146 valence electrons. The van der Waals surface area contributed by atoms with Crippen LogP contribution in [0.5, 0.6) is 23.0 Å². The summed E-state index contributed by atoms with van der Waals surface area (Å²) in [6, 6.07) is 6.97. The van der Waals surface area contributed by atoms with Gasteiger partial charge in [0.25, 0.3) is 0 Å². The minimum absolute atomic E-state index is 0.0236. The number of ether oxygens (including phenoxy) is 2. The van der Waals surface area contributed by atoms with E-state index in [1.54, 1.807) is 29.2 Å². The van der Waals surface area contributed by atoms with Gasteiger partial charge in [0.1, 0.15) is 0 Å². The average molecular weight is 375 g/mol. The van der Waals surface area contributed by atoms with Crippen LogP contribution in [0, 0.1) is 13.8 Å². The maximum Gasteiger partial charge on any atom is 0.317 e. The third-order valence-corrected chi connectivity index (χ3v) is 4.18. The van der Waals surface area contributed by atoms with Crippen LogP contribution in [0.25, 0.3) is 0 Å². The minimum atomic E-state index is -1.01. The Morgan fingerprint density at radius 2 is 1.30 bits per heavy atom. The summed E-state index contributed by atoms with van der Waals surface area (Å²) in [5, 5.41) is 30.0. The van der Waals surface area contributed by atoms with Gasteiger partial charge in [0.2, 0.25) is 0 Å². The lowest BCUT2D eigenvalue weighted by atomic mass is 10.1. The number of rotatable bonds is 8. The number of benzene rings is 2. The summed E-state index contributed by atoms with van der Waals surface area (Å²) in [6.45, 7) is 3.82. The van der Waals surface area contributed by atoms with Crippen LogP contribution in [-0.4, -0.2) is 47.0 Å². The van der Waals surface area contributed by atoms with Gasteiger partial charge < -0.3 is 24.8 Å². The van der Waals surface area contributed by atoms with Gasteiger partial charge in [-0.25, -0.2) is 0 Å². The van der Waals surface area contributed by atoms with E-state index in [0.717, 1.165) is 11.1 Å². The van der Waals surface area contributed by atoms with Crippen molar-refractivity contribution in [3.63, 3.8) is 0 Å². The van der Waals surface area contributed by atoms with Gasteiger partial charge in [-0.1, -0.05) is 12.1 Å². The third kappa shape index (κ3) is 5.04. The topological polar surface area (TPSA) is 99.5 Å². The maximum atomic E-state index is 11.3.